The zero-order valence-corrected chi connectivity index (χ0v) is 22.0. The lowest BCUT2D eigenvalue weighted by atomic mass is 10.0. The number of hydrogen-bond donors (Lipinski definition) is 2. The Morgan fingerprint density at radius 2 is 1.79 bits per heavy atom. The molecule has 1 atom stereocenters. The van der Waals surface area contributed by atoms with E-state index in [4.69, 9.17) is 4.98 Å². The predicted molar refractivity (Wildman–Crippen MR) is 156 cm³/mol. The summed E-state index contributed by atoms with van der Waals surface area (Å²) in [6.45, 7) is 4.97. The van der Waals surface area contributed by atoms with Crippen molar-refractivity contribution in [2.45, 2.75) is 31.8 Å². The average molecular weight is 522 g/mol. The number of benzene rings is 3. The summed E-state index contributed by atoms with van der Waals surface area (Å²) in [4.78, 5) is 5.03. The van der Waals surface area contributed by atoms with Crippen LogP contribution in [0.25, 0.3) is 27.5 Å². The van der Waals surface area contributed by atoms with Gasteiger partial charge in [0.25, 0.3) is 0 Å². The van der Waals surface area contributed by atoms with Crippen molar-refractivity contribution in [1.82, 2.24) is 20.3 Å². The van der Waals surface area contributed by atoms with E-state index in [1.54, 1.807) is 18.0 Å². The number of nitrogens with zero attached hydrogens (tertiary/aromatic N) is 3. The third kappa shape index (κ3) is 4.77. The van der Waals surface area contributed by atoms with Gasteiger partial charge in [0, 0.05) is 22.8 Å². The molecule has 5 aromatic rings. The van der Waals surface area contributed by atoms with Gasteiger partial charge in [-0.3, -0.25) is 5.43 Å². The monoisotopic (exact) mass is 521 g/mol. The van der Waals surface area contributed by atoms with Gasteiger partial charge in [-0.25, -0.2) is 9.37 Å². The molecular weight excluding hydrogens is 493 g/mol. The zero-order valence-electron chi connectivity index (χ0n) is 21.2. The molecule has 1 aliphatic rings. The normalized spacial score (nSPS) is 15.5. The van der Waals surface area contributed by atoms with Crippen LogP contribution in [0.4, 0.5) is 4.39 Å². The summed E-state index contributed by atoms with van der Waals surface area (Å²) in [6, 6.07) is 27.5. The molecule has 0 fully saturated rings. The molecule has 2 N–H and O–H groups in total. The van der Waals surface area contributed by atoms with Crippen molar-refractivity contribution in [3.05, 3.63) is 119 Å². The van der Waals surface area contributed by atoms with E-state index in [2.05, 4.69) is 82.1 Å². The van der Waals surface area contributed by atoms with Crippen LogP contribution < -0.4 is 10.7 Å². The topological polar surface area (TPSA) is 54.2 Å². The minimum atomic E-state index is -0.226. The van der Waals surface area contributed by atoms with Crippen molar-refractivity contribution in [3.63, 3.8) is 0 Å². The molecule has 0 saturated carbocycles. The number of thioether (sulfide) groups is 1. The Bertz CT molecular complexity index is 1660. The van der Waals surface area contributed by atoms with E-state index in [1.807, 2.05) is 30.3 Å². The van der Waals surface area contributed by atoms with E-state index < -0.39 is 0 Å². The quantitative estimate of drug-likeness (QED) is 0.178. The molecule has 0 saturated heterocycles. The molecule has 2 aromatic heterocycles. The predicted octanol–water partition coefficient (Wildman–Crippen LogP) is 7.04. The van der Waals surface area contributed by atoms with Gasteiger partial charge < -0.3 is 9.88 Å². The van der Waals surface area contributed by atoms with Crippen LogP contribution in [0, 0.1) is 5.82 Å². The van der Waals surface area contributed by atoms with E-state index in [-0.39, 0.29) is 17.2 Å². The van der Waals surface area contributed by atoms with Crippen LogP contribution >= 0.6 is 11.8 Å². The molecule has 1 unspecified atom stereocenters. The van der Waals surface area contributed by atoms with E-state index in [0.29, 0.717) is 6.54 Å². The fraction of sp³-hybridized carbons (Fsp3) is 0.161. The molecule has 7 heteroatoms. The van der Waals surface area contributed by atoms with Gasteiger partial charge in [0.2, 0.25) is 0 Å². The number of fused-ring (bicyclic) bond motifs is 3. The Morgan fingerprint density at radius 3 is 2.58 bits per heavy atom. The molecule has 0 bridgehead atoms. The van der Waals surface area contributed by atoms with Crippen molar-refractivity contribution in [2.75, 3.05) is 0 Å². The Labute approximate surface area is 225 Å². The summed E-state index contributed by atoms with van der Waals surface area (Å²) in [7, 11) is 0. The van der Waals surface area contributed by atoms with Crippen LogP contribution in [0.5, 0.6) is 0 Å². The second kappa shape index (κ2) is 10.3. The molecule has 0 aliphatic carbocycles. The highest BCUT2D eigenvalue weighted by atomic mass is 32.2. The maximum atomic E-state index is 13.5. The van der Waals surface area contributed by atoms with Gasteiger partial charge in [-0.2, -0.15) is 5.10 Å². The lowest BCUT2D eigenvalue weighted by molar-refractivity contribution is 0.626. The third-order valence-corrected chi connectivity index (χ3v) is 7.54. The molecule has 38 heavy (non-hydrogen) atoms. The first-order chi connectivity index (χ1) is 18.6. The van der Waals surface area contributed by atoms with Crippen LogP contribution in [0.3, 0.4) is 0 Å². The lowest BCUT2D eigenvalue weighted by Gasteiger charge is -2.14. The van der Waals surface area contributed by atoms with Crippen molar-refractivity contribution in [2.24, 2.45) is 5.10 Å². The summed E-state index contributed by atoms with van der Waals surface area (Å²) in [5.41, 5.74) is 10.5. The fourth-order valence-electron chi connectivity index (χ4n) is 4.88. The van der Waals surface area contributed by atoms with Crippen molar-refractivity contribution in [3.8, 4) is 0 Å². The Hall–Kier alpha value is -4.10. The minimum absolute atomic E-state index is 0.0487. The first-order valence-electron chi connectivity index (χ1n) is 12.7. The molecule has 6 rings (SSSR count). The van der Waals surface area contributed by atoms with Gasteiger partial charge >= 0.3 is 0 Å². The van der Waals surface area contributed by atoms with Gasteiger partial charge in [-0.1, -0.05) is 86.3 Å². The van der Waals surface area contributed by atoms with Crippen LogP contribution in [-0.4, -0.2) is 21.3 Å². The number of pyridine rings is 1. The molecule has 3 heterocycles. The van der Waals surface area contributed by atoms with Crippen molar-refractivity contribution < 1.29 is 4.39 Å². The van der Waals surface area contributed by atoms with Gasteiger partial charge in [-0.15, -0.1) is 0 Å². The van der Waals surface area contributed by atoms with E-state index in [9.17, 15) is 4.39 Å². The van der Waals surface area contributed by atoms with Crippen LogP contribution in [0.15, 0.2) is 95.4 Å². The average Bonchev–Trinajstić information content (AvgIpc) is 3.53. The third-order valence-electron chi connectivity index (χ3n) is 6.68. The van der Waals surface area contributed by atoms with E-state index in [0.717, 1.165) is 44.6 Å². The summed E-state index contributed by atoms with van der Waals surface area (Å²) in [5.74, 6) is -0.0175. The standard InChI is InChI=1S/C31H28FN5S/c1-20(2)29-30-26(25-10-6-7-11-28(25)37(30)18-21-12-14-23(32)15-13-21)16-24(34-29)17-33-36-31-35-27(19-38-31)22-8-4-3-5-9-22/h3-17,19-20,31,35-36H,18H2,1-2H3. The summed E-state index contributed by atoms with van der Waals surface area (Å²) in [6.07, 6.45) is 1.79. The minimum Gasteiger partial charge on any atom is -0.355 e. The zero-order chi connectivity index (χ0) is 26.1. The number of aromatic nitrogens is 2. The molecular formula is C31H28FN5S. The molecule has 0 amide bonds. The molecule has 3 aromatic carbocycles. The summed E-state index contributed by atoms with van der Waals surface area (Å²) in [5, 5.41) is 12.4. The van der Waals surface area contributed by atoms with E-state index >= 15 is 0 Å². The first kappa shape index (κ1) is 24.2. The highest BCUT2D eigenvalue weighted by Gasteiger charge is 2.19. The number of hydrazone groups is 1. The van der Waals surface area contributed by atoms with Crippen LogP contribution in [0.2, 0.25) is 0 Å². The summed E-state index contributed by atoms with van der Waals surface area (Å²) >= 11 is 1.65. The largest absolute Gasteiger partial charge is 0.355 e. The van der Waals surface area contributed by atoms with Crippen molar-refractivity contribution in [1.29, 1.82) is 0 Å². The lowest BCUT2D eigenvalue weighted by Crippen LogP contribution is -2.31. The maximum absolute atomic E-state index is 13.5. The molecule has 0 spiro atoms. The van der Waals surface area contributed by atoms with Gasteiger partial charge in [0.1, 0.15) is 5.82 Å². The first-order valence-corrected chi connectivity index (χ1v) is 13.6. The highest BCUT2D eigenvalue weighted by molar-refractivity contribution is 8.03. The second-order valence-corrected chi connectivity index (χ2v) is 10.6. The molecule has 1 aliphatic heterocycles. The molecule has 5 nitrogen and oxygen atoms in total. The maximum Gasteiger partial charge on any atom is 0.165 e. The van der Waals surface area contributed by atoms with Crippen molar-refractivity contribution >= 4 is 45.5 Å². The molecule has 0 radical (unpaired) electrons. The SMILES string of the molecule is CC(C)c1nc(C=NNC2NC(c3ccccc3)=CS2)cc2c3ccccc3n(Cc3ccc(F)cc3)c12. The number of para-hydroxylation sites is 1. The number of rotatable bonds is 7. The number of hydrogen-bond acceptors (Lipinski definition) is 5. The number of halogens is 1. The van der Waals surface area contributed by atoms with Gasteiger partial charge in [0.15, 0.2) is 5.50 Å². The second-order valence-electron chi connectivity index (χ2n) is 9.66. The summed E-state index contributed by atoms with van der Waals surface area (Å²) < 4.78 is 15.8. The van der Waals surface area contributed by atoms with Crippen LogP contribution in [0.1, 0.15) is 42.3 Å². The Balaban J connectivity index is 1.31. The van der Waals surface area contributed by atoms with Gasteiger partial charge in [-0.05, 0) is 46.7 Å². The van der Waals surface area contributed by atoms with E-state index in [1.165, 1.54) is 17.5 Å². The molecule has 190 valence electrons. The number of nitrogens with one attached hydrogen (secondary N) is 2. The Kier molecular flexibility index (Phi) is 6.60. The fourth-order valence-corrected chi connectivity index (χ4v) is 5.67. The highest BCUT2D eigenvalue weighted by Crippen LogP contribution is 2.34. The van der Waals surface area contributed by atoms with Crippen LogP contribution in [-0.2, 0) is 6.54 Å². The Morgan fingerprint density at radius 1 is 1.03 bits per heavy atom. The van der Waals surface area contributed by atoms with Gasteiger partial charge in [0.05, 0.1) is 28.8 Å². The smallest absolute Gasteiger partial charge is 0.165 e.